The van der Waals surface area contributed by atoms with Crippen LogP contribution in [-0.4, -0.2) is 36.0 Å². The van der Waals surface area contributed by atoms with Crippen molar-refractivity contribution in [1.82, 2.24) is 9.62 Å². The van der Waals surface area contributed by atoms with E-state index in [0.29, 0.717) is 6.54 Å². The first-order valence-corrected chi connectivity index (χ1v) is 13.5. The number of hydrogen-bond donors (Lipinski definition) is 1. The Balaban J connectivity index is 1.69. The van der Waals surface area contributed by atoms with E-state index in [4.69, 9.17) is 12.2 Å². The predicted molar refractivity (Wildman–Crippen MR) is 142 cm³/mol. The van der Waals surface area contributed by atoms with Crippen LogP contribution in [0.4, 0.5) is 5.69 Å². The molecular formula is C27H25N3O3S2. The average Bonchev–Trinajstić information content (AvgIpc) is 3.26. The van der Waals surface area contributed by atoms with Gasteiger partial charge in [0.05, 0.1) is 18.5 Å². The normalized spacial score (nSPS) is 21.7. The molecule has 2 aliphatic rings. The van der Waals surface area contributed by atoms with Gasteiger partial charge in [-0.3, -0.25) is 4.79 Å². The minimum Gasteiger partial charge on any atom is -0.342 e. The molecule has 35 heavy (non-hydrogen) atoms. The summed E-state index contributed by atoms with van der Waals surface area (Å²) in [5.74, 6) is -0.238. The van der Waals surface area contributed by atoms with Crippen molar-refractivity contribution in [3.8, 4) is 0 Å². The maximum absolute atomic E-state index is 14.3. The highest BCUT2D eigenvalue weighted by atomic mass is 32.2. The van der Waals surface area contributed by atoms with Crippen LogP contribution in [0.1, 0.15) is 22.3 Å². The molecule has 0 aromatic heterocycles. The minimum atomic E-state index is -3.77. The monoisotopic (exact) mass is 503 g/mol. The molecule has 178 valence electrons. The van der Waals surface area contributed by atoms with E-state index in [1.54, 1.807) is 11.0 Å². The number of fused-ring (bicyclic) bond motifs is 2. The van der Waals surface area contributed by atoms with E-state index < -0.39 is 21.6 Å². The Morgan fingerprint density at radius 3 is 2.34 bits per heavy atom. The van der Waals surface area contributed by atoms with Crippen LogP contribution in [-0.2, 0) is 26.9 Å². The third-order valence-electron chi connectivity index (χ3n) is 6.46. The van der Waals surface area contributed by atoms with Gasteiger partial charge in [-0.15, -0.1) is 0 Å². The van der Waals surface area contributed by atoms with Crippen molar-refractivity contribution in [2.45, 2.75) is 25.0 Å². The van der Waals surface area contributed by atoms with Gasteiger partial charge >= 0.3 is 0 Å². The lowest BCUT2D eigenvalue weighted by Gasteiger charge is -2.30. The zero-order chi connectivity index (χ0) is 24.8. The van der Waals surface area contributed by atoms with E-state index >= 15 is 0 Å². The van der Waals surface area contributed by atoms with E-state index in [1.807, 2.05) is 91.9 Å². The van der Waals surface area contributed by atoms with Crippen molar-refractivity contribution in [1.29, 1.82) is 0 Å². The number of hydrogen-bond acceptors (Lipinski definition) is 4. The van der Waals surface area contributed by atoms with Gasteiger partial charge in [0.2, 0.25) is 10.0 Å². The topological polar surface area (TPSA) is 69.7 Å². The summed E-state index contributed by atoms with van der Waals surface area (Å²) in [6.45, 7) is 2.31. The lowest BCUT2D eigenvalue weighted by atomic mass is 9.84. The molecule has 1 N–H and O–H groups in total. The average molecular weight is 504 g/mol. The van der Waals surface area contributed by atoms with Crippen molar-refractivity contribution in [2.24, 2.45) is 0 Å². The highest BCUT2D eigenvalue weighted by Gasteiger charge is 2.63. The second-order valence-electron chi connectivity index (χ2n) is 8.91. The van der Waals surface area contributed by atoms with E-state index in [-0.39, 0.29) is 11.0 Å². The maximum Gasteiger partial charge on any atom is 0.260 e. The van der Waals surface area contributed by atoms with Gasteiger partial charge in [-0.25, -0.2) is 12.7 Å². The predicted octanol–water partition coefficient (Wildman–Crippen LogP) is 3.97. The van der Waals surface area contributed by atoms with E-state index in [2.05, 4.69) is 5.32 Å². The van der Waals surface area contributed by atoms with Gasteiger partial charge in [0.25, 0.3) is 5.91 Å². The Bertz CT molecular complexity index is 1440. The number of anilines is 1. The first-order valence-electron chi connectivity index (χ1n) is 11.2. The molecule has 8 heteroatoms. The second kappa shape index (κ2) is 8.62. The van der Waals surface area contributed by atoms with Gasteiger partial charge in [-0.2, -0.15) is 0 Å². The zero-order valence-electron chi connectivity index (χ0n) is 19.4. The van der Waals surface area contributed by atoms with Crippen molar-refractivity contribution in [2.75, 3.05) is 11.2 Å². The van der Waals surface area contributed by atoms with Crippen LogP contribution in [0.25, 0.3) is 6.08 Å². The molecule has 0 saturated carbocycles. The molecule has 1 amide bonds. The zero-order valence-corrected chi connectivity index (χ0v) is 21.0. The molecule has 2 heterocycles. The quantitative estimate of drug-likeness (QED) is 0.534. The van der Waals surface area contributed by atoms with Crippen LogP contribution < -0.4 is 10.2 Å². The Kier molecular flexibility index (Phi) is 5.73. The summed E-state index contributed by atoms with van der Waals surface area (Å²) in [7, 11) is -3.77. The SMILES string of the molecule is Cc1ccc2c(c1)[C@@]1(NC(=S)N(S(C)(=O)=O)[C@@H]1/C=C/c1ccccc1)C(=O)N2Cc1ccccc1. The fourth-order valence-corrected chi connectivity index (χ4v) is 6.58. The van der Waals surface area contributed by atoms with Gasteiger partial charge in [0.1, 0.15) is 6.04 Å². The molecule has 3 aromatic rings. The highest BCUT2D eigenvalue weighted by Crippen LogP contribution is 2.48. The molecular weight excluding hydrogens is 478 g/mol. The summed E-state index contributed by atoms with van der Waals surface area (Å²) in [6, 6.07) is 24.2. The molecule has 1 spiro atoms. The number of sulfonamides is 1. The number of carbonyl (C=O) groups is 1. The van der Waals surface area contributed by atoms with Gasteiger partial charge in [0.15, 0.2) is 10.7 Å². The molecule has 0 unspecified atom stereocenters. The highest BCUT2D eigenvalue weighted by molar-refractivity contribution is 7.90. The van der Waals surface area contributed by atoms with Gasteiger partial charge < -0.3 is 10.2 Å². The number of benzene rings is 3. The van der Waals surface area contributed by atoms with Crippen LogP contribution in [0.3, 0.4) is 0 Å². The summed E-state index contributed by atoms with van der Waals surface area (Å²) in [5.41, 5.74) is 2.92. The van der Waals surface area contributed by atoms with Crippen molar-refractivity contribution in [3.63, 3.8) is 0 Å². The first-order chi connectivity index (χ1) is 16.7. The third-order valence-corrected chi connectivity index (χ3v) is 8.00. The standard InChI is InChI=1S/C27H25N3O3S2/c1-19-13-15-23-22(17-19)27(25(31)29(23)18-21-11-7-4-8-12-21)24(16-14-20-9-5-3-6-10-20)30(26(34)28-27)35(2,32)33/h3-17,24H,18H2,1-2H3,(H,28,34)/b16-14+/t24-,27+/m1/s1. The van der Waals surface area contributed by atoms with Crippen molar-refractivity contribution in [3.05, 3.63) is 107 Å². The Morgan fingerprint density at radius 2 is 1.69 bits per heavy atom. The van der Waals surface area contributed by atoms with Gasteiger partial charge in [0, 0.05) is 5.56 Å². The number of aryl methyl sites for hydroxylation is 1. The number of nitrogens with one attached hydrogen (secondary N) is 1. The van der Waals surface area contributed by atoms with Crippen LogP contribution >= 0.6 is 12.2 Å². The van der Waals surface area contributed by atoms with Crippen molar-refractivity contribution >= 4 is 45.0 Å². The number of thiocarbonyl (C=S) groups is 1. The van der Waals surface area contributed by atoms with Crippen molar-refractivity contribution < 1.29 is 13.2 Å². The molecule has 0 radical (unpaired) electrons. The minimum absolute atomic E-state index is 0.0116. The molecule has 0 aliphatic carbocycles. The van der Waals surface area contributed by atoms with Crippen LogP contribution in [0, 0.1) is 6.92 Å². The van der Waals surface area contributed by atoms with Crippen LogP contribution in [0.2, 0.25) is 0 Å². The molecule has 3 aromatic carbocycles. The van der Waals surface area contributed by atoms with E-state index in [9.17, 15) is 13.2 Å². The number of amides is 1. The lowest BCUT2D eigenvalue weighted by Crippen LogP contribution is -2.54. The first kappa shape index (κ1) is 23.3. The summed E-state index contributed by atoms with van der Waals surface area (Å²) in [4.78, 5) is 16.0. The summed E-state index contributed by atoms with van der Waals surface area (Å²) in [5, 5.41) is 3.17. The van der Waals surface area contributed by atoms with Crippen LogP contribution in [0.15, 0.2) is 84.9 Å². The van der Waals surface area contributed by atoms with E-state index in [0.717, 1.165) is 38.5 Å². The number of carbonyl (C=O) groups excluding carboxylic acids is 1. The fourth-order valence-electron chi connectivity index (χ4n) is 4.91. The van der Waals surface area contributed by atoms with Gasteiger partial charge in [-0.1, -0.05) is 90.5 Å². The second-order valence-corrected chi connectivity index (χ2v) is 11.2. The third kappa shape index (κ3) is 3.92. The van der Waals surface area contributed by atoms with Gasteiger partial charge in [-0.05, 0) is 36.3 Å². The summed E-state index contributed by atoms with van der Waals surface area (Å²) < 4.78 is 27.0. The van der Waals surface area contributed by atoms with Crippen LogP contribution in [0.5, 0.6) is 0 Å². The molecule has 5 rings (SSSR count). The maximum atomic E-state index is 14.3. The largest absolute Gasteiger partial charge is 0.342 e. The number of rotatable bonds is 5. The lowest BCUT2D eigenvalue weighted by molar-refractivity contribution is -0.124. The summed E-state index contributed by atoms with van der Waals surface area (Å²) >= 11 is 5.52. The molecule has 2 aliphatic heterocycles. The molecule has 0 bridgehead atoms. The molecule has 1 saturated heterocycles. The Labute approximate surface area is 210 Å². The molecule has 6 nitrogen and oxygen atoms in total. The fraction of sp³-hybridized carbons (Fsp3) is 0.185. The molecule has 2 atom stereocenters. The smallest absolute Gasteiger partial charge is 0.260 e. The Morgan fingerprint density at radius 1 is 1.03 bits per heavy atom. The molecule has 1 fully saturated rings. The number of nitrogens with zero attached hydrogens (tertiary/aromatic N) is 2. The van der Waals surface area contributed by atoms with E-state index in [1.165, 1.54) is 0 Å². The Hall–Kier alpha value is -3.49. The summed E-state index contributed by atoms with van der Waals surface area (Å²) in [6.07, 6.45) is 4.71.